The average molecular weight is 349 g/mol. The van der Waals surface area contributed by atoms with Crippen molar-refractivity contribution in [1.29, 1.82) is 0 Å². The van der Waals surface area contributed by atoms with Crippen LogP contribution in [-0.2, 0) is 11.5 Å². The third kappa shape index (κ3) is 8.00. The number of pyridine rings is 2. The van der Waals surface area contributed by atoms with Gasteiger partial charge in [-0.05, 0) is 0 Å². The highest BCUT2D eigenvalue weighted by Gasteiger charge is 2.01. The Morgan fingerprint density at radius 3 is 1.50 bits per heavy atom. The van der Waals surface area contributed by atoms with Crippen LogP contribution in [0.4, 0.5) is 0 Å². The maximum absolute atomic E-state index is 3.25. The van der Waals surface area contributed by atoms with E-state index in [1.54, 1.807) is 0 Å². The first-order valence-corrected chi connectivity index (χ1v) is 8.33. The van der Waals surface area contributed by atoms with Crippen LogP contribution < -0.4 is 34.8 Å². The first kappa shape index (κ1) is 19.6. The van der Waals surface area contributed by atoms with Crippen LogP contribution in [0, 0.1) is 0 Å². The number of thioether (sulfide) groups is 2. The van der Waals surface area contributed by atoms with Crippen molar-refractivity contribution in [3.8, 4) is 0 Å². The van der Waals surface area contributed by atoms with Crippen molar-refractivity contribution in [2.75, 3.05) is 11.5 Å². The lowest BCUT2D eigenvalue weighted by Gasteiger charge is -1.98. The van der Waals surface area contributed by atoms with Gasteiger partial charge in [-0.25, -0.2) is 9.97 Å². The first-order valence-electron chi connectivity index (χ1n) is 6.02. The molecule has 0 saturated carbocycles. The van der Waals surface area contributed by atoms with Gasteiger partial charge in [0, 0.05) is 35.8 Å². The molecule has 0 radical (unpaired) electrons. The van der Waals surface area contributed by atoms with Crippen LogP contribution in [0.1, 0.15) is 11.4 Å². The van der Waals surface area contributed by atoms with Gasteiger partial charge in [-0.15, -0.1) is 23.5 Å². The van der Waals surface area contributed by atoms with Crippen LogP contribution in [0.5, 0.6) is 0 Å². The number of rotatable bonds is 7. The lowest BCUT2D eigenvalue weighted by Crippen LogP contribution is -3.00. The quantitative estimate of drug-likeness (QED) is 0.485. The summed E-state index contributed by atoms with van der Waals surface area (Å²) < 4.78 is 0. The fourth-order valence-electron chi connectivity index (χ4n) is 1.52. The molecule has 0 aliphatic carbocycles. The third-order valence-electron chi connectivity index (χ3n) is 2.43. The molecule has 0 spiro atoms. The van der Waals surface area contributed by atoms with Crippen molar-refractivity contribution in [2.24, 2.45) is 0 Å². The molecule has 110 valence electrons. The van der Waals surface area contributed by atoms with Crippen molar-refractivity contribution in [3.05, 3.63) is 60.2 Å². The maximum atomic E-state index is 3.25. The fraction of sp³-hybridized carbons (Fsp3) is 0.286. The second kappa shape index (κ2) is 12.3. The molecule has 2 N–H and O–H groups in total. The van der Waals surface area contributed by atoms with Crippen LogP contribution >= 0.6 is 23.5 Å². The van der Waals surface area contributed by atoms with E-state index in [2.05, 4.69) is 34.2 Å². The second-order valence-electron chi connectivity index (χ2n) is 3.88. The SMILES string of the molecule is [Cl-].[Cl-].c1ccc(CSCCSCc2cccc[nH+]2)[nH+]c1. The van der Waals surface area contributed by atoms with E-state index in [9.17, 15) is 0 Å². The van der Waals surface area contributed by atoms with Crippen molar-refractivity contribution in [1.82, 2.24) is 0 Å². The molecule has 0 aliphatic heterocycles. The van der Waals surface area contributed by atoms with Crippen molar-refractivity contribution in [2.45, 2.75) is 11.5 Å². The van der Waals surface area contributed by atoms with Crippen LogP contribution in [0.2, 0.25) is 0 Å². The minimum absolute atomic E-state index is 0. The summed E-state index contributed by atoms with van der Waals surface area (Å²) in [4.78, 5) is 6.51. The predicted octanol–water partition coefficient (Wildman–Crippen LogP) is -3.51. The molecule has 0 aromatic carbocycles. The molecular formula is C14H18Cl2N2S2. The maximum Gasteiger partial charge on any atom is 0.189 e. The number of aromatic nitrogens is 2. The van der Waals surface area contributed by atoms with E-state index >= 15 is 0 Å². The first-order chi connectivity index (χ1) is 8.95. The molecule has 0 atom stereocenters. The summed E-state index contributed by atoms with van der Waals surface area (Å²) in [6.07, 6.45) is 3.96. The minimum Gasteiger partial charge on any atom is -1.00 e. The summed E-state index contributed by atoms with van der Waals surface area (Å²) in [6.45, 7) is 0. The van der Waals surface area contributed by atoms with E-state index in [0.717, 1.165) is 11.5 Å². The number of aromatic amines is 2. The summed E-state index contributed by atoms with van der Waals surface area (Å²) in [5.41, 5.74) is 2.59. The summed E-state index contributed by atoms with van der Waals surface area (Å²) in [5, 5.41) is 0. The molecule has 0 fully saturated rings. The summed E-state index contributed by atoms with van der Waals surface area (Å²) >= 11 is 3.96. The van der Waals surface area contributed by atoms with E-state index in [-0.39, 0.29) is 24.8 Å². The van der Waals surface area contributed by atoms with E-state index < -0.39 is 0 Å². The average Bonchev–Trinajstić information content (AvgIpc) is 2.45. The summed E-state index contributed by atoms with van der Waals surface area (Å²) in [7, 11) is 0. The van der Waals surface area contributed by atoms with Crippen LogP contribution in [0.15, 0.2) is 48.8 Å². The molecule has 2 aromatic heterocycles. The standard InChI is InChI=1S/C14H16N2S2.2ClH/c1-3-7-15-13(5-1)11-17-9-10-18-12-14-6-2-4-8-16-14;;/h1-8H,9-12H2;2*1H. The van der Waals surface area contributed by atoms with Crippen LogP contribution in [0.25, 0.3) is 0 Å². The van der Waals surface area contributed by atoms with Crippen LogP contribution in [0.3, 0.4) is 0 Å². The molecule has 2 aromatic rings. The number of H-pyrrole nitrogens is 2. The zero-order valence-corrected chi connectivity index (χ0v) is 14.2. The van der Waals surface area contributed by atoms with Crippen molar-refractivity contribution >= 4 is 23.5 Å². The van der Waals surface area contributed by atoms with Crippen molar-refractivity contribution < 1.29 is 34.8 Å². The molecule has 6 heteroatoms. The van der Waals surface area contributed by atoms with Gasteiger partial charge < -0.3 is 24.8 Å². The predicted molar refractivity (Wildman–Crippen MR) is 78.3 cm³/mol. The number of hydrogen-bond donors (Lipinski definition) is 0. The highest BCUT2D eigenvalue weighted by atomic mass is 35.5. The Labute approximate surface area is 141 Å². The number of halogens is 2. The minimum atomic E-state index is 0. The summed E-state index contributed by atoms with van der Waals surface area (Å²) in [5.74, 6) is 4.53. The largest absolute Gasteiger partial charge is 1.00 e. The normalized spacial score (nSPS) is 9.40. The topological polar surface area (TPSA) is 28.3 Å². The molecule has 2 rings (SSSR count). The molecule has 2 nitrogen and oxygen atoms in total. The zero-order valence-electron chi connectivity index (χ0n) is 11.0. The highest BCUT2D eigenvalue weighted by Crippen LogP contribution is 2.13. The zero-order chi connectivity index (χ0) is 12.5. The Hall–Kier alpha value is -0.420. The Bertz CT molecular complexity index is 400. The molecule has 0 unspecified atom stereocenters. The van der Waals surface area contributed by atoms with Gasteiger partial charge in [-0.2, -0.15) is 0 Å². The lowest BCUT2D eigenvalue weighted by atomic mass is 10.4. The fourth-order valence-corrected chi connectivity index (χ4v) is 3.55. The molecule has 2 heterocycles. The van der Waals surface area contributed by atoms with Gasteiger partial charge in [0.15, 0.2) is 23.8 Å². The molecule has 20 heavy (non-hydrogen) atoms. The highest BCUT2D eigenvalue weighted by molar-refractivity contribution is 8.02. The van der Waals surface area contributed by atoms with Gasteiger partial charge in [0.25, 0.3) is 0 Å². The monoisotopic (exact) mass is 348 g/mol. The molecule has 0 saturated heterocycles. The second-order valence-corrected chi connectivity index (χ2v) is 6.09. The Kier molecular flexibility index (Phi) is 12.1. The Morgan fingerprint density at radius 2 is 1.15 bits per heavy atom. The van der Waals surface area contributed by atoms with Gasteiger partial charge in [0.1, 0.15) is 0 Å². The van der Waals surface area contributed by atoms with Gasteiger partial charge in [-0.3, -0.25) is 0 Å². The smallest absolute Gasteiger partial charge is 0.189 e. The van der Waals surface area contributed by atoms with E-state index in [0.29, 0.717) is 0 Å². The van der Waals surface area contributed by atoms with E-state index in [1.165, 1.54) is 22.9 Å². The number of nitrogens with one attached hydrogen (secondary N) is 2. The third-order valence-corrected chi connectivity index (χ3v) is 4.71. The Balaban J connectivity index is 0.00000180. The molecule has 0 amide bonds. The Morgan fingerprint density at radius 1 is 0.700 bits per heavy atom. The van der Waals surface area contributed by atoms with E-state index in [4.69, 9.17) is 0 Å². The van der Waals surface area contributed by atoms with Gasteiger partial charge in [0.05, 0.1) is 11.5 Å². The van der Waals surface area contributed by atoms with Gasteiger partial charge >= 0.3 is 0 Å². The van der Waals surface area contributed by atoms with E-state index in [1.807, 2.05) is 48.1 Å². The van der Waals surface area contributed by atoms with Gasteiger partial charge in [-0.1, -0.05) is 12.1 Å². The van der Waals surface area contributed by atoms with Crippen molar-refractivity contribution in [3.63, 3.8) is 0 Å². The van der Waals surface area contributed by atoms with Crippen LogP contribution in [-0.4, -0.2) is 11.5 Å². The van der Waals surface area contributed by atoms with Gasteiger partial charge in [0.2, 0.25) is 0 Å². The number of hydrogen-bond acceptors (Lipinski definition) is 2. The molecule has 0 bridgehead atoms. The molecule has 0 aliphatic rings. The lowest BCUT2D eigenvalue weighted by molar-refractivity contribution is -0.388. The summed E-state index contributed by atoms with van der Waals surface area (Å²) in [6, 6.07) is 12.5. The molecular weight excluding hydrogens is 331 g/mol.